The van der Waals surface area contributed by atoms with Crippen LogP contribution in [0.1, 0.15) is 57.2 Å². The van der Waals surface area contributed by atoms with Crippen LogP contribution < -0.4 is 10.1 Å². The maximum atomic E-state index is 13.0. The number of nitrogens with one attached hydrogen (secondary N) is 2. The molecule has 1 spiro atoms. The summed E-state index contributed by atoms with van der Waals surface area (Å²) in [5, 5.41) is 14.2. The average molecular weight is 428 g/mol. The van der Waals surface area contributed by atoms with Gasteiger partial charge in [-0.3, -0.25) is 9.59 Å². The van der Waals surface area contributed by atoms with Gasteiger partial charge in [-0.05, 0) is 54.9 Å². The first-order valence-electron chi connectivity index (χ1n) is 11.2. The number of aliphatic carboxylic acids is 1. The van der Waals surface area contributed by atoms with Crippen LogP contribution in [0.3, 0.4) is 0 Å². The quantitative estimate of drug-likeness (QED) is 0.657. The van der Waals surface area contributed by atoms with Crippen LogP contribution in [-0.2, 0) is 21.5 Å². The molecule has 4 rings (SSSR count). The van der Waals surface area contributed by atoms with Gasteiger partial charge in [-0.1, -0.05) is 13.8 Å². The number of amides is 1. The number of H-pyrrole nitrogens is 1. The molecule has 1 saturated heterocycles. The first-order chi connectivity index (χ1) is 14.8. The van der Waals surface area contributed by atoms with Crippen molar-refractivity contribution in [2.75, 3.05) is 26.7 Å². The average Bonchev–Trinajstić information content (AvgIpc) is 3.13. The summed E-state index contributed by atoms with van der Waals surface area (Å²) in [6.45, 7) is 6.13. The Morgan fingerprint density at radius 1 is 1.26 bits per heavy atom. The lowest BCUT2D eigenvalue weighted by Gasteiger charge is -2.45. The Labute approximate surface area is 183 Å². The van der Waals surface area contributed by atoms with E-state index in [1.807, 2.05) is 24.8 Å². The number of aromatic nitrogens is 1. The normalized spacial score (nSPS) is 19.8. The van der Waals surface area contributed by atoms with E-state index in [1.54, 1.807) is 7.11 Å². The molecule has 0 saturated carbocycles. The van der Waals surface area contributed by atoms with Gasteiger partial charge in [0.15, 0.2) is 0 Å². The molecule has 31 heavy (non-hydrogen) atoms. The summed E-state index contributed by atoms with van der Waals surface area (Å²) < 4.78 is 5.42. The largest absolute Gasteiger partial charge is 0.497 e. The van der Waals surface area contributed by atoms with E-state index in [4.69, 9.17) is 4.74 Å². The molecule has 2 aromatic rings. The Balaban J connectivity index is 1.51. The molecule has 0 bridgehead atoms. The zero-order valence-electron chi connectivity index (χ0n) is 18.7. The number of piperidine rings is 1. The number of benzene rings is 1. The Hall–Kier alpha value is -2.54. The van der Waals surface area contributed by atoms with Crippen LogP contribution >= 0.6 is 0 Å². The molecule has 2 aliphatic heterocycles. The van der Waals surface area contributed by atoms with Crippen molar-refractivity contribution in [3.8, 4) is 5.75 Å². The van der Waals surface area contributed by atoms with Crippen LogP contribution in [0, 0.1) is 5.41 Å². The van der Waals surface area contributed by atoms with Gasteiger partial charge in [-0.15, -0.1) is 0 Å². The summed E-state index contributed by atoms with van der Waals surface area (Å²) in [4.78, 5) is 29.8. The lowest BCUT2D eigenvalue weighted by molar-refractivity contribution is -0.141. The molecule has 3 heterocycles. The topological polar surface area (TPSA) is 94.7 Å². The standard InChI is InChI=1S/C24H33N3O4/c1-4-23(2,15-21(29)30)14-20(28)27-11-8-24(9-12-27)22-17(7-10-25-24)18-13-16(31-3)5-6-19(18)26-22/h5-6,13,25-26H,4,7-12,14-15H2,1-3H3,(H,29,30). The van der Waals surface area contributed by atoms with Gasteiger partial charge >= 0.3 is 5.97 Å². The number of aromatic amines is 1. The molecule has 1 amide bonds. The summed E-state index contributed by atoms with van der Waals surface area (Å²) in [7, 11) is 1.69. The van der Waals surface area contributed by atoms with Gasteiger partial charge < -0.3 is 25.0 Å². The van der Waals surface area contributed by atoms with E-state index in [9.17, 15) is 14.7 Å². The van der Waals surface area contributed by atoms with Gasteiger partial charge in [0.25, 0.3) is 0 Å². The lowest BCUT2D eigenvalue weighted by atomic mass is 9.78. The Morgan fingerprint density at radius 2 is 2.00 bits per heavy atom. The minimum atomic E-state index is -0.843. The number of fused-ring (bicyclic) bond motifs is 4. The van der Waals surface area contributed by atoms with Crippen molar-refractivity contribution >= 4 is 22.8 Å². The third-order valence-electron chi connectivity index (χ3n) is 7.41. The predicted molar refractivity (Wildman–Crippen MR) is 119 cm³/mol. The van der Waals surface area contributed by atoms with Crippen LogP contribution in [0.2, 0.25) is 0 Å². The molecule has 1 fully saturated rings. The molecule has 1 unspecified atom stereocenters. The van der Waals surface area contributed by atoms with E-state index in [0.717, 1.165) is 37.1 Å². The number of ether oxygens (including phenoxy) is 1. The summed E-state index contributed by atoms with van der Waals surface area (Å²) in [5.41, 5.74) is 3.08. The Kier molecular flexibility index (Phi) is 5.73. The molecule has 7 nitrogen and oxygen atoms in total. The van der Waals surface area contributed by atoms with Gasteiger partial charge in [0.1, 0.15) is 5.75 Å². The predicted octanol–water partition coefficient (Wildman–Crippen LogP) is 3.42. The maximum Gasteiger partial charge on any atom is 0.303 e. The number of methoxy groups -OCH3 is 1. The SMILES string of the molecule is CCC(C)(CC(=O)O)CC(=O)N1CCC2(CC1)NCCc1c2[nH]c2ccc(OC)cc12. The fourth-order valence-electron chi connectivity index (χ4n) is 5.26. The van der Waals surface area contributed by atoms with Crippen molar-refractivity contribution in [2.24, 2.45) is 5.41 Å². The highest BCUT2D eigenvalue weighted by Crippen LogP contribution is 2.41. The number of carboxylic acids is 1. The third kappa shape index (κ3) is 4.03. The minimum absolute atomic E-state index is 0.0243. The van der Waals surface area contributed by atoms with E-state index < -0.39 is 11.4 Å². The molecule has 1 aromatic carbocycles. The van der Waals surface area contributed by atoms with Crippen LogP contribution in [0.15, 0.2) is 18.2 Å². The maximum absolute atomic E-state index is 13.0. The number of carbonyl (C=O) groups excluding carboxylic acids is 1. The second-order valence-electron chi connectivity index (χ2n) is 9.44. The van der Waals surface area contributed by atoms with E-state index in [-0.39, 0.29) is 24.3 Å². The van der Waals surface area contributed by atoms with Gasteiger partial charge in [0.2, 0.25) is 5.91 Å². The molecular formula is C24H33N3O4. The number of rotatable bonds is 6. The van der Waals surface area contributed by atoms with Gasteiger partial charge in [-0.25, -0.2) is 0 Å². The van der Waals surface area contributed by atoms with Crippen molar-refractivity contribution in [1.82, 2.24) is 15.2 Å². The molecule has 3 N–H and O–H groups in total. The van der Waals surface area contributed by atoms with E-state index in [1.165, 1.54) is 16.6 Å². The van der Waals surface area contributed by atoms with Crippen molar-refractivity contribution in [2.45, 2.75) is 57.9 Å². The van der Waals surface area contributed by atoms with Crippen LogP contribution in [-0.4, -0.2) is 53.6 Å². The monoisotopic (exact) mass is 427 g/mol. The van der Waals surface area contributed by atoms with Crippen LogP contribution in [0.4, 0.5) is 0 Å². The third-order valence-corrected chi connectivity index (χ3v) is 7.41. The summed E-state index contributed by atoms with van der Waals surface area (Å²) >= 11 is 0. The van der Waals surface area contributed by atoms with Gasteiger partial charge in [-0.2, -0.15) is 0 Å². The van der Waals surface area contributed by atoms with E-state index in [0.29, 0.717) is 19.5 Å². The first-order valence-corrected chi connectivity index (χ1v) is 11.2. The number of carbonyl (C=O) groups is 2. The van der Waals surface area contributed by atoms with Gasteiger partial charge in [0.05, 0.1) is 19.1 Å². The highest BCUT2D eigenvalue weighted by Gasteiger charge is 2.42. The molecule has 168 valence electrons. The zero-order chi connectivity index (χ0) is 22.2. The van der Waals surface area contributed by atoms with Crippen molar-refractivity contribution in [1.29, 1.82) is 0 Å². The fourth-order valence-corrected chi connectivity index (χ4v) is 5.26. The number of hydrogen-bond donors (Lipinski definition) is 3. The van der Waals surface area contributed by atoms with E-state index in [2.05, 4.69) is 22.4 Å². The Bertz CT molecular complexity index is 990. The summed E-state index contributed by atoms with van der Waals surface area (Å²) in [6, 6.07) is 6.16. The molecule has 1 aromatic heterocycles. The van der Waals surface area contributed by atoms with Crippen LogP contribution in [0.25, 0.3) is 10.9 Å². The summed E-state index contributed by atoms with van der Waals surface area (Å²) in [5.74, 6) is 0.0876. The number of hydrogen-bond acceptors (Lipinski definition) is 4. The molecule has 0 radical (unpaired) electrons. The molecule has 0 aliphatic carbocycles. The smallest absolute Gasteiger partial charge is 0.303 e. The zero-order valence-corrected chi connectivity index (χ0v) is 18.7. The Morgan fingerprint density at radius 3 is 2.65 bits per heavy atom. The second kappa shape index (κ2) is 8.19. The number of likely N-dealkylation sites (tertiary alicyclic amines) is 1. The molecular weight excluding hydrogens is 394 g/mol. The lowest BCUT2D eigenvalue weighted by Crippen LogP contribution is -2.55. The fraction of sp³-hybridized carbons (Fsp3) is 0.583. The molecule has 1 atom stereocenters. The second-order valence-corrected chi connectivity index (χ2v) is 9.44. The van der Waals surface area contributed by atoms with E-state index >= 15 is 0 Å². The molecule has 7 heteroatoms. The highest BCUT2D eigenvalue weighted by atomic mass is 16.5. The summed E-state index contributed by atoms with van der Waals surface area (Å²) in [6.07, 6.45) is 3.64. The number of nitrogens with zero attached hydrogens (tertiary/aromatic N) is 1. The van der Waals surface area contributed by atoms with Crippen molar-refractivity contribution in [3.63, 3.8) is 0 Å². The first kappa shape index (κ1) is 21.7. The minimum Gasteiger partial charge on any atom is -0.497 e. The van der Waals surface area contributed by atoms with Gasteiger partial charge in [0, 0.05) is 42.7 Å². The highest BCUT2D eigenvalue weighted by molar-refractivity contribution is 5.87. The molecule has 2 aliphatic rings. The van der Waals surface area contributed by atoms with Crippen molar-refractivity contribution in [3.05, 3.63) is 29.5 Å². The van der Waals surface area contributed by atoms with Crippen molar-refractivity contribution < 1.29 is 19.4 Å². The number of carboxylic acid groups (broad SMARTS) is 1. The van der Waals surface area contributed by atoms with Crippen LogP contribution in [0.5, 0.6) is 5.75 Å².